The number of aliphatic carboxylic acids is 1. The number of nitrogens with two attached hydrogens (primary N) is 1. The summed E-state index contributed by atoms with van der Waals surface area (Å²) in [4.78, 5) is 38.5. The number of hydrogen-bond acceptors (Lipinski definition) is 7. The van der Waals surface area contributed by atoms with Gasteiger partial charge in [-0.3, -0.25) is 20.2 Å². The summed E-state index contributed by atoms with van der Waals surface area (Å²) < 4.78 is 0. The van der Waals surface area contributed by atoms with Crippen molar-refractivity contribution in [2.24, 2.45) is 11.1 Å². The van der Waals surface area contributed by atoms with Crippen LogP contribution in [0.5, 0.6) is 0 Å². The lowest BCUT2D eigenvalue weighted by Crippen LogP contribution is -2.55. The predicted octanol–water partition coefficient (Wildman–Crippen LogP) is 3.01. The maximum Gasteiger partial charge on any atom is 0.345 e. The van der Waals surface area contributed by atoms with Crippen LogP contribution in [0.15, 0.2) is 30.5 Å². The Kier molecular flexibility index (Phi) is 6.65. The number of nitrogens with one attached hydrogen (secondary N) is 1. The van der Waals surface area contributed by atoms with E-state index in [0.29, 0.717) is 11.3 Å². The number of carbonyl (C=O) groups is 2. The molecule has 1 aromatic heterocycles. The minimum atomic E-state index is -1.82. The first-order chi connectivity index (χ1) is 12.0. The van der Waals surface area contributed by atoms with E-state index in [1.807, 2.05) is 0 Å². The fourth-order valence-corrected chi connectivity index (χ4v) is 3.06. The van der Waals surface area contributed by atoms with Crippen molar-refractivity contribution in [3.8, 4) is 0 Å². The van der Waals surface area contributed by atoms with Gasteiger partial charge in [-0.25, -0.2) is 9.78 Å². The fourth-order valence-electron chi connectivity index (χ4n) is 2.44. The molecule has 0 spiro atoms. The summed E-state index contributed by atoms with van der Waals surface area (Å²) in [6, 6.07) is 6.10. The number of carboxylic acids is 1. The zero-order valence-corrected chi connectivity index (χ0v) is 16.4. The average molecular weight is 415 g/mol. The number of nitro groups is 1. The quantitative estimate of drug-likeness (QED) is 0.502. The van der Waals surface area contributed by atoms with Gasteiger partial charge in [0, 0.05) is 5.56 Å². The lowest BCUT2D eigenvalue weighted by Gasteiger charge is -2.39. The SMILES string of the molecule is CC(C)(C)[C@@](N)(C(=O)O)c1ccccc1C(=O)Nc1ncc([N+](=O)[O-])s1.Cl. The van der Waals surface area contributed by atoms with Crippen molar-refractivity contribution in [1.29, 1.82) is 0 Å². The summed E-state index contributed by atoms with van der Waals surface area (Å²) in [6.45, 7) is 5.00. The Morgan fingerprint density at radius 1 is 1.30 bits per heavy atom. The highest BCUT2D eigenvalue weighted by molar-refractivity contribution is 7.18. The molecule has 0 aliphatic heterocycles. The summed E-state index contributed by atoms with van der Waals surface area (Å²) in [7, 11) is 0. The second-order valence-corrected chi connectivity index (χ2v) is 7.63. The highest BCUT2D eigenvalue weighted by atomic mass is 35.5. The third kappa shape index (κ3) is 4.24. The number of thiazole rings is 1. The van der Waals surface area contributed by atoms with Crippen molar-refractivity contribution >= 4 is 45.8 Å². The van der Waals surface area contributed by atoms with Crippen LogP contribution in [0.2, 0.25) is 0 Å². The minimum absolute atomic E-state index is 0. The molecule has 1 amide bonds. The van der Waals surface area contributed by atoms with Crippen LogP contribution in [0.4, 0.5) is 10.1 Å². The zero-order valence-electron chi connectivity index (χ0n) is 14.8. The number of benzene rings is 1. The number of halogens is 1. The van der Waals surface area contributed by atoms with E-state index in [1.165, 1.54) is 12.1 Å². The minimum Gasteiger partial charge on any atom is -0.480 e. The molecule has 0 fully saturated rings. The molecule has 0 saturated carbocycles. The number of rotatable bonds is 5. The van der Waals surface area contributed by atoms with E-state index in [-0.39, 0.29) is 33.7 Å². The van der Waals surface area contributed by atoms with Gasteiger partial charge in [-0.2, -0.15) is 0 Å². The molecule has 0 radical (unpaired) electrons. The number of amides is 1. The number of hydrogen-bond donors (Lipinski definition) is 3. The van der Waals surface area contributed by atoms with Crippen LogP contribution in [0.3, 0.4) is 0 Å². The van der Waals surface area contributed by atoms with Gasteiger partial charge in [0.05, 0.1) is 4.92 Å². The average Bonchev–Trinajstić information content (AvgIpc) is 3.01. The molecule has 2 aromatic rings. The summed E-state index contributed by atoms with van der Waals surface area (Å²) in [5.74, 6) is -1.92. The molecule has 2 rings (SSSR count). The second-order valence-electron chi connectivity index (χ2n) is 6.62. The summed E-state index contributed by atoms with van der Waals surface area (Å²) in [5, 5.41) is 22.7. The summed E-state index contributed by atoms with van der Waals surface area (Å²) >= 11 is 0.699. The maximum absolute atomic E-state index is 12.6. The molecule has 11 heteroatoms. The number of aromatic nitrogens is 1. The van der Waals surface area contributed by atoms with Crippen LogP contribution in [0, 0.1) is 15.5 Å². The molecule has 1 aromatic carbocycles. The first kappa shape index (κ1) is 22.5. The van der Waals surface area contributed by atoms with Gasteiger partial charge in [0.2, 0.25) is 0 Å². The standard InChI is InChI=1S/C16H18N4O5S.ClH/c1-15(2,3)16(17,13(22)23)10-7-5-4-6-9(10)12(21)19-14-18-8-11(26-14)20(24)25;/h4-8H,17H2,1-3H3,(H,22,23)(H,18,19,21);1H/t16-;/m0./s1. The van der Waals surface area contributed by atoms with Crippen LogP contribution >= 0.6 is 23.7 Å². The molecule has 9 nitrogen and oxygen atoms in total. The largest absolute Gasteiger partial charge is 0.480 e. The summed E-state index contributed by atoms with van der Waals surface area (Å²) in [6.07, 6.45) is 1.03. The first-order valence-corrected chi connectivity index (χ1v) is 8.33. The van der Waals surface area contributed by atoms with Crippen LogP contribution in [0.25, 0.3) is 0 Å². The second kappa shape index (κ2) is 7.99. The Labute approximate surface area is 165 Å². The Bertz CT molecular complexity index is 880. The lowest BCUT2D eigenvalue weighted by molar-refractivity contribution is -0.380. The van der Waals surface area contributed by atoms with E-state index in [2.05, 4.69) is 10.3 Å². The van der Waals surface area contributed by atoms with Gasteiger partial charge in [0.15, 0.2) is 5.13 Å². The van der Waals surface area contributed by atoms with E-state index in [9.17, 15) is 24.8 Å². The van der Waals surface area contributed by atoms with Crippen molar-refractivity contribution in [1.82, 2.24) is 4.98 Å². The predicted molar refractivity (Wildman–Crippen MR) is 103 cm³/mol. The third-order valence-corrected chi connectivity index (χ3v) is 4.88. The third-order valence-electron chi connectivity index (χ3n) is 4.01. The van der Waals surface area contributed by atoms with Crippen LogP contribution in [0.1, 0.15) is 36.7 Å². The van der Waals surface area contributed by atoms with E-state index in [1.54, 1.807) is 32.9 Å². The highest BCUT2D eigenvalue weighted by Crippen LogP contribution is 2.39. The van der Waals surface area contributed by atoms with Gasteiger partial charge < -0.3 is 10.8 Å². The monoisotopic (exact) mass is 414 g/mol. The van der Waals surface area contributed by atoms with E-state index in [0.717, 1.165) is 6.20 Å². The van der Waals surface area contributed by atoms with Gasteiger partial charge in [-0.15, -0.1) is 12.4 Å². The van der Waals surface area contributed by atoms with Crippen molar-refractivity contribution in [3.63, 3.8) is 0 Å². The van der Waals surface area contributed by atoms with Gasteiger partial charge >= 0.3 is 11.0 Å². The maximum atomic E-state index is 12.6. The molecule has 0 aliphatic rings. The molecule has 1 heterocycles. The Morgan fingerprint density at radius 2 is 1.89 bits per heavy atom. The van der Waals surface area contributed by atoms with Crippen LogP contribution in [-0.2, 0) is 10.3 Å². The molecule has 146 valence electrons. The molecular formula is C16H19ClN4O5S. The van der Waals surface area contributed by atoms with Gasteiger partial charge in [0.25, 0.3) is 5.91 Å². The van der Waals surface area contributed by atoms with Gasteiger partial charge in [-0.05, 0) is 28.4 Å². The van der Waals surface area contributed by atoms with Crippen molar-refractivity contribution < 1.29 is 19.6 Å². The van der Waals surface area contributed by atoms with E-state index < -0.39 is 27.8 Å². The lowest BCUT2D eigenvalue weighted by atomic mass is 9.68. The first-order valence-electron chi connectivity index (χ1n) is 7.52. The molecule has 0 bridgehead atoms. The number of nitrogens with zero attached hydrogens (tertiary/aromatic N) is 2. The fraction of sp³-hybridized carbons (Fsp3) is 0.312. The molecule has 0 aliphatic carbocycles. The van der Waals surface area contributed by atoms with Gasteiger partial charge in [-0.1, -0.05) is 39.0 Å². The number of carboxylic acid groups (broad SMARTS) is 1. The van der Waals surface area contributed by atoms with Gasteiger partial charge in [0.1, 0.15) is 11.7 Å². The van der Waals surface area contributed by atoms with Crippen LogP contribution in [-0.4, -0.2) is 26.9 Å². The smallest absolute Gasteiger partial charge is 0.345 e. The number of carbonyl (C=O) groups excluding carboxylic acids is 1. The van der Waals surface area contributed by atoms with Crippen molar-refractivity contribution in [2.75, 3.05) is 5.32 Å². The van der Waals surface area contributed by atoms with Crippen molar-refractivity contribution in [2.45, 2.75) is 26.3 Å². The van der Waals surface area contributed by atoms with E-state index in [4.69, 9.17) is 5.73 Å². The van der Waals surface area contributed by atoms with Crippen LogP contribution < -0.4 is 11.1 Å². The van der Waals surface area contributed by atoms with Crippen molar-refractivity contribution in [3.05, 3.63) is 51.7 Å². The Balaban J connectivity index is 0.00000364. The molecule has 27 heavy (non-hydrogen) atoms. The van der Waals surface area contributed by atoms with E-state index >= 15 is 0 Å². The molecule has 0 unspecified atom stereocenters. The number of anilines is 1. The summed E-state index contributed by atoms with van der Waals surface area (Å²) in [5.41, 5.74) is 3.72. The Morgan fingerprint density at radius 3 is 2.37 bits per heavy atom. The molecule has 1 atom stereocenters. The zero-order chi connectivity index (χ0) is 19.7. The molecule has 4 N–H and O–H groups in total. The molecule has 0 saturated heterocycles. The molecular weight excluding hydrogens is 396 g/mol. The highest BCUT2D eigenvalue weighted by Gasteiger charge is 2.48. The topological polar surface area (TPSA) is 148 Å². The Hall–Kier alpha value is -2.56. The normalized spacial score (nSPS) is 13.2.